The molecule has 152 valence electrons. The summed E-state index contributed by atoms with van der Waals surface area (Å²) in [5.41, 5.74) is 4.93. The van der Waals surface area contributed by atoms with Crippen LogP contribution < -0.4 is 4.74 Å². The van der Waals surface area contributed by atoms with Crippen LogP contribution in [-0.4, -0.2) is 26.0 Å². The summed E-state index contributed by atoms with van der Waals surface area (Å²) >= 11 is 6.61. The van der Waals surface area contributed by atoms with E-state index >= 15 is 0 Å². The maximum Gasteiger partial charge on any atom is 0.336 e. The first-order valence-corrected chi connectivity index (χ1v) is 9.92. The smallest absolute Gasteiger partial charge is 0.336 e. The fraction of sp³-hybridized carbons (Fsp3) is 0.0417. The van der Waals surface area contributed by atoms with E-state index in [1.165, 1.54) is 6.07 Å². The molecule has 0 aliphatic rings. The van der Waals surface area contributed by atoms with Crippen molar-refractivity contribution in [1.82, 2.24) is 15.0 Å². The zero-order valence-electron chi connectivity index (χ0n) is 16.4. The van der Waals surface area contributed by atoms with Gasteiger partial charge in [0.1, 0.15) is 5.75 Å². The molecule has 31 heavy (non-hydrogen) atoms. The van der Waals surface area contributed by atoms with Crippen molar-refractivity contribution in [3.8, 4) is 22.9 Å². The molecule has 0 atom stereocenters. The molecule has 0 fully saturated rings. The third kappa shape index (κ3) is 3.47. The lowest BCUT2D eigenvalue weighted by molar-refractivity contribution is 0.0695. The molecular weight excluding hydrogens is 414 g/mol. The zero-order valence-corrected chi connectivity index (χ0v) is 17.1. The topological polar surface area (TPSA) is 88.1 Å². The third-order valence-electron chi connectivity index (χ3n) is 5.14. The number of carboxylic acids is 1. The van der Waals surface area contributed by atoms with Gasteiger partial charge in [0.15, 0.2) is 0 Å². The first-order chi connectivity index (χ1) is 15.0. The number of hydrogen-bond acceptors (Lipinski definition) is 4. The molecule has 3 aromatic carbocycles. The second-order valence-corrected chi connectivity index (χ2v) is 7.56. The van der Waals surface area contributed by atoms with Gasteiger partial charge < -0.3 is 14.8 Å². The molecule has 2 heterocycles. The number of carbonyl (C=O) groups is 1. The van der Waals surface area contributed by atoms with Crippen LogP contribution >= 0.6 is 11.6 Å². The molecule has 7 heteroatoms. The molecule has 6 nitrogen and oxygen atoms in total. The van der Waals surface area contributed by atoms with Gasteiger partial charge in [0, 0.05) is 17.1 Å². The van der Waals surface area contributed by atoms with Crippen LogP contribution in [0.15, 0.2) is 66.9 Å². The predicted octanol–water partition coefficient (Wildman–Crippen LogP) is 6.23. The Morgan fingerprint density at radius 1 is 1.03 bits per heavy atom. The van der Waals surface area contributed by atoms with E-state index in [4.69, 9.17) is 16.3 Å². The summed E-state index contributed by atoms with van der Waals surface area (Å²) in [7, 11) is 0. The van der Waals surface area contributed by atoms with Crippen molar-refractivity contribution in [3.05, 3.63) is 83.0 Å². The van der Waals surface area contributed by atoms with Crippen molar-refractivity contribution in [2.45, 2.75) is 6.92 Å². The molecule has 0 spiro atoms. The third-order valence-corrected chi connectivity index (χ3v) is 5.45. The Morgan fingerprint density at radius 3 is 2.74 bits per heavy atom. The number of H-pyrrole nitrogens is 1. The summed E-state index contributed by atoms with van der Waals surface area (Å²) in [6, 6.07) is 18.7. The number of aromatic nitrogens is 3. The zero-order chi connectivity index (χ0) is 21.5. The van der Waals surface area contributed by atoms with Crippen molar-refractivity contribution >= 4 is 39.5 Å². The van der Waals surface area contributed by atoms with Crippen molar-refractivity contribution < 1.29 is 14.6 Å². The SMILES string of the molecule is Cc1ccc(Oc2nc3cc(-c4cccc5ncccc45)c(Cl)cc3[nH]2)cc1C(=O)O. The number of nitrogens with one attached hydrogen (secondary N) is 1. The predicted molar refractivity (Wildman–Crippen MR) is 120 cm³/mol. The average molecular weight is 430 g/mol. The van der Waals surface area contributed by atoms with Crippen LogP contribution in [0.1, 0.15) is 15.9 Å². The van der Waals surface area contributed by atoms with Gasteiger partial charge >= 0.3 is 5.97 Å². The lowest BCUT2D eigenvalue weighted by Crippen LogP contribution is -2.00. The molecule has 2 N–H and O–H groups in total. The first-order valence-electron chi connectivity index (χ1n) is 9.55. The molecule has 0 saturated heterocycles. The summed E-state index contributed by atoms with van der Waals surface area (Å²) in [5.74, 6) is -0.623. The summed E-state index contributed by atoms with van der Waals surface area (Å²) in [6.45, 7) is 1.74. The van der Waals surface area contributed by atoms with Crippen LogP contribution in [0.2, 0.25) is 5.02 Å². The van der Waals surface area contributed by atoms with Gasteiger partial charge in [-0.3, -0.25) is 4.98 Å². The Balaban J connectivity index is 1.56. The van der Waals surface area contributed by atoms with Crippen molar-refractivity contribution in [2.75, 3.05) is 0 Å². The Labute approximate surface area is 182 Å². The van der Waals surface area contributed by atoms with Crippen LogP contribution in [0.3, 0.4) is 0 Å². The standard InChI is InChI=1S/C24H16ClN3O3/c1-13-7-8-14(10-17(13)23(29)30)31-24-27-21-11-18(19(25)12-22(21)28-24)15-4-2-6-20-16(15)5-3-9-26-20/h2-12H,1H3,(H,27,28)(H,29,30). The minimum absolute atomic E-state index is 0.184. The highest BCUT2D eigenvalue weighted by Crippen LogP contribution is 2.36. The normalized spacial score (nSPS) is 11.2. The van der Waals surface area contributed by atoms with Gasteiger partial charge in [-0.2, -0.15) is 4.98 Å². The van der Waals surface area contributed by atoms with Gasteiger partial charge in [-0.05, 0) is 54.4 Å². The van der Waals surface area contributed by atoms with E-state index in [0.717, 1.165) is 22.0 Å². The Hall–Kier alpha value is -3.90. The second kappa shape index (κ2) is 7.41. The van der Waals surface area contributed by atoms with E-state index in [0.29, 0.717) is 27.4 Å². The molecule has 2 aromatic heterocycles. The van der Waals surface area contributed by atoms with E-state index in [2.05, 4.69) is 15.0 Å². The van der Waals surface area contributed by atoms with Gasteiger partial charge in [0.25, 0.3) is 6.01 Å². The van der Waals surface area contributed by atoms with E-state index < -0.39 is 5.97 Å². The van der Waals surface area contributed by atoms with Gasteiger partial charge in [-0.1, -0.05) is 35.9 Å². The number of aromatic amines is 1. The largest absolute Gasteiger partial charge is 0.478 e. The summed E-state index contributed by atoms with van der Waals surface area (Å²) in [5, 5.41) is 10.9. The highest BCUT2D eigenvalue weighted by Gasteiger charge is 2.14. The molecular formula is C24H16ClN3O3. The molecule has 5 rings (SSSR count). The fourth-order valence-corrected chi connectivity index (χ4v) is 3.87. The summed E-state index contributed by atoms with van der Waals surface area (Å²) < 4.78 is 5.78. The lowest BCUT2D eigenvalue weighted by Gasteiger charge is -2.08. The van der Waals surface area contributed by atoms with Gasteiger partial charge in [-0.25, -0.2) is 4.79 Å². The van der Waals surface area contributed by atoms with E-state index in [-0.39, 0.29) is 11.6 Å². The van der Waals surface area contributed by atoms with Crippen molar-refractivity contribution in [1.29, 1.82) is 0 Å². The second-order valence-electron chi connectivity index (χ2n) is 7.15. The molecule has 0 unspecified atom stereocenters. The minimum atomic E-state index is -1.01. The highest BCUT2D eigenvalue weighted by molar-refractivity contribution is 6.34. The highest BCUT2D eigenvalue weighted by atomic mass is 35.5. The van der Waals surface area contributed by atoms with E-state index in [1.54, 1.807) is 31.3 Å². The Bertz CT molecular complexity index is 1470. The maximum absolute atomic E-state index is 11.4. The number of imidazole rings is 1. The lowest BCUT2D eigenvalue weighted by atomic mass is 10.00. The van der Waals surface area contributed by atoms with Crippen LogP contribution in [0.4, 0.5) is 0 Å². The summed E-state index contributed by atoms with van der Waals surface area (Å²) in [6.07, 6.45) is 1.76. The molecule has 0 saturated carbocycles. The number of aryl methyl sites for hydroxylation is 1. The van der Waals surface area contributed by atoms with Crippen LogP contribution in [-0.2, 0) is 0 Å². The average Bonchev–Trinajstić information content (AvgIpc) is 3.15. The number of rotatable bonds is 4. The number of halogens is 1. The first kappa shape index (κ1) is 19.1. The van der Waals surface area contributed by atoms with Crippen LogP contribution in [0, 0.1) is 6.92 Å². The van der Waals surface area contributed by atoms with E-state index in [1.807, 2.05) is 36.4 Å². The molecule has 0 amide bonds. The van der Waals surface area contributed by atoms with Gasteiger partial charge in [0.05, 0.1) is 27.1 Å². The van der Waals surface area contributed by atoms with Crippen LogP contribution in [0.25, 0.3) is 33.1 Å². The molecule has 0 aliphatic heterocycles. The van der Waals surface area contributed by atoms with Gasteiger partial charge in [0.2, 0.25) is 0 Å². The number of nitrogens with zero attached hydrogens (tertiary/aromatic N) is 2. The number of ether oxygens (including phenoxy) is 1. The van der Waals surface area contributed by atoms with Crippen molar-refractivity contribution in [3.63, 3.8) is 0 Å². The fourth-order valence-electron chi connectivity index (χ4n) is 3.61. The quantitative estimate of drug-likeness (QED) is 0.353. The molecule has 0 bridgehead atoms. The number of aromatic carboxylic acids is 1. The Kier molecular flexibility index (Phi) is 4.56. The number of hydrogen-bond donors (Lipinski definition) is 2. The van der Waals surface area contributed by atoms with E-state index in [9.17, 15) is 9.90 Å². The van der Waals surface area contributed by atoms with Gasteiger partial charge in [-0.15, -0.1) is 0 Å². The molecule has 5 aromatic rings. The van der Waals surface area contributed by atoms with Crippen LogP contribution in [0.5, 0.6) is 11.8 Å². The van der Waals surface area contributed by atoms with Crippen molar-refractivity contribution in [2.24, 2.45) is 0 Å². The maximum atomic E-state index is 11.4. The number of fused-ring (bicyclic) bond motifs is 2. The number of pyridine rings is 1. The number of carboxylic acid groups (broad SMARTS) is 1. The minimum Gasteiger partial charge on any atom is -0.478 e. The Morgan fingerprint density at radius 2 is 1.90 bits per heavy atom. The number of benzene rings is 3. The monoisotopic (exact) mass is 429 g/mol. The molecule has 0 radical (unpaired) electrons. The summed E-state index contributed by atoms with van der Waals surface area (Å²) in [4.78, 5) is 23.4. The molecule has 0 aliphatic carbocycles.